The summed E-state index contributed by atoms with van der Waals surface area (Å²) in [5.74, 6) is 0.880. The SMILES string of the molecule is CCNC(=NCC(O)c1ccc(C)cc1)NC1CCN(C(=O)CC)C1. The number of benzene rings is 1. The Morgan fingerprint density at radius 3 is 2.72 bits per heavy atom. The minimum absolute atomic E-state index is 0.195. The van der Waals surface area contributed by atoms with Crippen molar-refractivity contribution in [2.45, 2.75) is 45.8 Å². The Kier molecular flexibility index (Phi) is 7.25. The number of carbonyl (C=O) groups excluding carboxylic acids is 1. The number of nitrogens with one attached hydrogen (secondary N) is 2. The number of guanidine groups is 1. The normalized spacial score (nSPS) is 19.0. The highest BCUT2D eigenvalue weighted by molar-refractivity contribution is 5.80. The average molecular weight is 346 g/mol. The van der Waals surface area contributed by atoms with Gasteiger partial charge in [0.1, 0.15) is 0 Å². The van der Waals surface area contributed by atoms with Gasteiger partial charge in [-0.05, 0) is 25.8 Å². The molecule has 1 saturated heterocycles. The zero-order valence-corrected chi connectivity index (χ0v) is 15.5. The smallest absolute Gasteiger partial charge is 0.222 e. The van der Waals surface area contributed by atoms with Gasteiger partial charge in [-0.25, -0.2) is 0 Å². The first-order valence-electron chi connectivity index (χ1n) is 9.10. The second-order valence-electron chi connectivity index (χ2n) is 6.47. The average Bonchev–Trinajstić information content (AvgIpc) is 3.08. The molecule has 1 amide bonds. The van der Waals surface area contributed by atoms with E-state index in [-0.39, 0.29) is 11.9 Å². The van der Waals surface area contributed by atoms with Gasteiger partial charge in [0.25, 0.3) is 0 Å². The van der Waals surface area contributed by atoms with Gasteiger partial charge in [0.05, 0.1) is 12.6 Å². The predicted octanol–water partition coefficient (Wildman–Crippen LogP) is 1.59. The van der Waals surface area contributed by atoms with Crippen LogP contribution in [0.5, 0.6) is 0 Å². The molecule has 0 saturated carbocycles. The van der Waals surface area contributed by atoms with Crippen LogP contribution in [-0.4, -0.2) is 54.1 Å². The van der Waals surface area contributed by atoms with Crippen molar-refractivity contribution in [2.75, 3.05) is 26.2 Å². The van der Waals surface area contributed by atoms with Crippen LogP contribution in [0.2, 0.25) is 0 Å². The number of carbonyl (C=O) groups is 1. The third kappa shape index (κ3) is 5.74. The second kappa shape index (κ2) is 9.42. The molecule has 1 aromatic carbocycles. The molecule has 1 aromatic rings. The highest BCUT2D eigenvalue weighted by Gasteiger charge is 2.25. The third-order valence-corrected chi connectivity index (χ3v) is 4.41. The first-order valence-corrected chi connectivity index (χ1v) is 9.10. The maximum atomic E-state index is 11.8. The zero-order valence-electron chi connectivity index (χ0n) is 15.5. The summed E-state index contributed by atoms with van der Waals surface area (Å²) in [6, 6.07) is 8.04. The van der Waals surface area contributed by atoms with E-state index < -0.39 is 6.10 Å². The molecular formula is C19H30N4O2. The van der Waals surface area contributed by atoms with Crippen molar-refractivity contribution in [3.8, 4) is 0 Å². The largest absolute Gasteiger partial charge is 0.386 e. The van der Waals surface area contributed by atoms with Crippen LogP contribution in [0.3, 0.4) is 0 Å². The maximum Gasteiger partial charge on any atom is 0.222 e. The molecule has 2 unspecified atom stereocenters. The molecular weight excluding hydrogens is 316 g/mol. The molecule has 25 heavy (non-hydrogen) atoms. The predicted molar refractivity (Wildman–Crippen MR) is 101 cm³/mol. The van der Waals surface area contributed by atoms with Crippen molar-refractivity contribution < 1.29 is 9.90 Å². The Morgan fingerprint density at radius 1 is 1.36 bits per heavy atom. The first kappa shape index (κ1) is 19.2. The van der Waals surface area contributed by atoms with Crippen molar-refractivity contribution in [1.82, 2.24) is 15.5 Å². The number of hydrogen-bond donors (Lipinski definition) is 3. The molecule has 0 spiro atoms. The summed E-state index contributed by atoms with van der Waals surface area (Å²) in [7, 11) is 0. The summed E-state index contributed by atoms with van der Waals surface area (Å²) in [5.41, 5.74) is 2.03. The van der Waals surface area contributed by atoms with Crippen molar-refractivity contribution in [1.29, 1.82) is 0 Å². The molecule has 3 N–H and O–H groups in total. The van der Waals surface area contributed by atoms with E-state index in [4.69, 9.17) is 0 Å². The lowest BCUT2D eigenvalue weighted by molar-refractivity contribution is -0.129. The van der Waals surface area contributed by atoms with Gasteiger partial charge in [-0.3, -0.25) is 9.79 Å². The summed E-state index contributed by atoms with van der Waals surface area (Å²) < 4.78 is 0. The van der Waals surface area contributed by atoms with Gasteiger partial charge in [-0.1, -0.05) is 36.8 Å². The summed E-state index contributed by atoms with van der Waals surface area (Å²) in [5, 5.41) is 16.9. The Balaban J connectivity index is 1.92. The van der Waals surface area contributed by atoms with Crippen molar-refractivity contribution in [3.63, 3.8) is 0 Å². The number of hydrogen-bond acceptors (Lipinski definition) is 3. The van der Waals surface area contributed by atoms with Gasteiger partial charge in [-0.2, -0.15) is 0 Å². The number of aryl methyl sites for hydroxylation is 1. The standard InChI is InChI=1S/C19H30N4O2/c1-4-18(25)23-11-10-16(13-23)22-19(20-5-2)21-12-17(24)15-8-6-14(3)7-9-15/h6-9,16-17,24H,4-5,10-13H2,1-3H3,(H2,20,21,22). The lowest BCUT2D eigenvalue weighted by Crippen LogP contribution is -2.45. The molecule has 2 atom stereocenters. The van der Waals surface area contributed by atoms with Crippen LogP contribution in [0.25, 0.3) is 0 Å². The first-order chi connectivity index (χ1) is 12.0. The number of amides is 1. The van der Waals surface area contributed by atoms with Crippen LogP contribution < -0.4 is 10.6 Å². The summed E-state index contributed by atoms with van der Waals surface area (Å²) in [6.45, 7) is 8.46. The molecule has 0 aliphatic carbocycles. The Labute approximate surface area is 150 Å². The molecule has 1 fully saturated rings. The fourth-order valence-corrected chi connectivity index (χ4v) is 2.91. The molecule has 0 bridgehead atoms. The molecule has 1 heterocycles. The topological polar surface area (TPSA) is 77.0 Å². The van der Waals surface area contributed by atoms with Crippen LogP contribution in [0.4, 0.5) is 0 Å². The molecule has 6 nitrogen and oxygen atoms in total. The monoisotopic (exact) mass is 346 g/mol. The minimum atomic E-state index is -0.627. The number of aliphatic imine (C=N–C) groups is 1. The van der Waals surface area contributed by atoms with E-state index >= 15 is 0 Å². The number of nitrogens with zero attached hydrogens (tertiary/aromatic N) is 2. The van der Waals surface area contributed by atoms with Gasteiger partial charge in [0.15, 0.2) is 5.96 Å². The van der Waals surface area contributed by atoms with Crippen LogP contribution in [-0.2, 0) is 4.79 Å². The van der Waals surface area contributed by atoms with Crippen molar-refractivity contribution in [3.05, 3.63) is 35.4 Å². The van der Waals surface area contributed by atoms with Crippen LogP contribution >= 0.6 is 0 Å². The number of rotatable bonds is 6. The Bertz CT molecular complexity index is 586. The van der Waals surface area contributed by atoms with E-state index in [1.54, 1.807) is 0 Å². The summed E-state index contributed by atoms with van der Waals surface area (Å²) in [4.78, 5) is 18.2. The quantitative estimate of drug-likeness (QED) is 0.540. The number of likely N-dealkylation sites (tertiary alicyclic amines) is 1. The maximum absolute atomic E-state index is 11.8. The lowest BCUT2D eigenvalue weighted by Gasteiger charge is -2.19. The van der Waals surface area contributed by atoms with Crippen molar-refractivity contribution in [2.24, 2.45) is 4.99 Å². The summed E-state index contributed by atoms with van der Waals surface area (Å²) >= 11 is 0. The van der Waals surface area contributed by atoms with Crippen LogP contribution in [0.15, 0.2) is 29.3 Å². The molecule has 1 aliphatic rings. The van der Waals surface area contributed by atoms with E-state index in [1.165, 1.54) is 5.56 Å². The highest BCUT2D eigenvalue weighted by Crippen LogP contribution is 2.14. The van der Waals surface area contributed by atoms with E-state index in [9.17, 15) is 9.90 Å². The van der Waals surface area contributed by atoms with Gasteiger partial charge in [-0.15, -0.1) is 0 Å². The van der Waals surface area contributed by atoms with Gasteiger partial charge < -0.3 is 20.6 Å². The van der Waals surface area contributed by atoms with Crippen LogP contribution in [0.1, 0.15) is 43.9 Å². The van der Waals surface area contributed by atoms with Crippen LogP contribution in [0, 0.1) is 6.92 Å². The molecule has 138 valence electrons. The summed E-state index contributed by atoms with van der Waals surface area (Å²) in [6.07, 6.45) is 0.832. The molecule has 6 heteroatoms. The minimum Gasteiger partial charge on any atom is -0.386 e. The highest BCUT2D eigenvalue weighted by atomic mass is 16.3. The molecule has 0 aromatic heterocycles. The van der Waals surface area contributed by atoms with E-state index in [0.717, 1.165) is 25.1 Å². The Morgan fingerprint density at radius 2 is 2.08 bits per heavy atom. The zero-order chi connectivity index (χ0) is 18.2. The lowest BCUT2D eigenvalue weighted by atomic mass is 10.1. The fraction of sp³-hybridized carbons (Fsp3) is 0.579. The Hall–Kier alpha value is -2.08. The van der Waals surface area contributed by atoms with Gasteiger partial charge in [0.2, 0.25) is 5.91 Å². The second-order valence-corrected chi connectivity index (χ2v) is 6.47. The molecule has 2 rings (SSSR count). The third-order valence-electron chi connectivity index (χ3n) is 4.41. The van der Waals surface area contributed by atoms with Gasteiger partial charge in [0, 0.05) is 32.1 Å². The van der Waals surface area contributed by atoms with E-state index in [1.807, 2.05) is 49.9 Å². The fourth-order valence-electron chi connectivity index (χ4n) is 2.91. The number of aliphatic hydroxyl groups excluding tert-OH is 1. The van der Waals surface area contributed by atoms with Gasteiger partial charge >= 0.3 is 0 Å². The molecule has 1 aliphatic heterocycles. The number of aliphatic hydroxyl groups is 1. The van der Waals surface area contributed by atoms with Crippen molar-refractivity contribution >= 4 is 11.9 Å². The molecule has 0 radical (unpaired) electrons. The van der Waals surface area contributed by atoms with E-state index in [2.05, 4.69) is 15.6 Å². The van der Waals surface area contributed by atoms with E-state index in [0.29, 0.717) is 25.5 Å².